The summed E-state index contributed by atoms with van der Waals surface area (Å²) in [6.07, 6.45) is 0.685. The molecular weight excluding hydrogens is 258 g/mol. The van der Waals surface area contributed by atoms with Crippen LogP contribution in [0, 0.1) is 0 Å². The van der Waals surface area contributed by atoms with Crippen molar-refractivity contribution >= 4 is 17.5 Å². The Kier molecular flexibility index (Phi) is 4.34. The smallest absolute Gasteiger partial charge is 0.270 e. The van der Waals surface area contributed by atoms with Gasteiger partial charge in [0.1, 0.15) is 11.5 Å². The van der Waals surface area contributed by atoms with Gasteiger partial charge in [-0.05, 0) is 17.7 Å². The highest BCUT2D eigenvalue weighted by Gasteiger charge is 2.21. The van der Waals surface area contributed by atoms with Crippen molar-refractivity contribution in [3.05, 3.63) is 29.8 Å². The molecule has 1 heterocycles. The maximum atomic E-state index is 12.2. The zero-order chi connectivity index (χ0) is 14.5. The van der Waals surface area contributed by atoms with Gasteiger partial charge in [0.05, 0.1) is 7.11 Å². The SMILES string of the molecule is COc1cccc(CN(C)C(=O)C2=NNC(=O)CC2)c1. The van der Waals surface area contributed by atoms with E-state index in [9.17, 15) is 9.59 Å². The molecule has 1 aromatic carbocycles. The van der Waals surface area contributed by atoms with Crippen molar-refractivity contribution in [2.75, 3.05) is 14.2 Å². The van der Waals surface area contributed by atoms with Crippen LogP contribution in [0.15, 0.2) is 29.4 Å². The molecule has 0 aromatic heterocycles. The van der Waals surface area contributed by atoms with Crippen LogP contribution in [-0.4, -0.2) is 36.6 Å². The van der Waals surface area contributed by atoms with Crippen LogP contribution in [0.3, 0.4) is 0 Å². The summed E-state index contributed by atoms with van der Waals surface area (Å²) >= 11 is 0. The second kappa shape index (κ2) is 6.18. The number of hydrazone groups is 1. The minimum atomic E-state index is -0.173. The van der Waals surface area contributed by atoms with Gasteiger partial charge < -0.3 is 9.64 Å². The molecule has 0 fully saturated rings. The number of ether oxygens (including phenoxy) is 1. The van der Waals surface area contributed by atoms with E-state index in [1.54, 1.807) is 19.1 Å². The average molecular weight is 275 g/mol. The fourth-order valence-corrected chi connectivity index (χ4v) is 1.97. The van der Waals surface area contributed by atoms with E-state index in [-0.39, 0.29) is 11.8 Å². The number of nitrogens with one attached hydrogen (secondary N) is 1. The van der Waals surface area contributed by atoms with E-state index in [0.29, 0.717) is 25.1 Å². The number of methoxy groups -OCH3 is 1. The lowest BCUT2D eigenvalue weighted by atomic mass is 10.1. The van der Waals surface area contributed by atoms with E-state index < -0.39 is 0 Å². The Morgan fingerprint density at radius 1 is 1.45 bits per heavy atom. The zero-order valence-electron chi connectivity index (χ0n) is 11.5. The first-order chi connectivity index (χ1) is 9.60. The molecule has 106 valence electrons. The van der Waals surface area contributed by atoms with Gasteiger partial charge in [-0.3, -0.25) is 9.59 Å². The molecule has 0 saturated carbocycles. The molecule has 0 radical (unpaired) electrons. The number of benzene rings is 1. The fourth-order valence-electron chi connectivity index (χ4n) is 1.97. The summed E-state index contributed by atoms with van der Waals surface area (Å²) in [6.45, 7) is 0.461. The molecule has 0 saturated heterocycles. The van der Waals surface area contributed by atoms with E-state index in [4.69, 9.17) is 4.74 Å². The molecule has 1 aromatic rings. The molecule has 1 aliphatic rings. The van der Waals surface area contributed by atoms with E-state index >= 15 is 0 Å². The third kappa shape index (κ3) is 3.34. The molecule has 0 bridgehead atoms. The number of rotatable bonds is 4. The highest BCUT2D eigenvalue weighted by atomic mass is 16.5. The van der Waals surface area contributed by atoms with E-state index in [0.717, 1.165) is 11.3 Å². The first-order valence-electron chi connectivity index (χ1n) is 6.34. The van der Waals surface area contributed by atoms with Crippen molar-refractivity contribution in [1.29, 1.82) is 0 Å². The van der Waals surface area contributed by atoms with Crippen molar-refractivity contribution < 1.29 is 14.3 Å². The normalized spacial score (nSPS) is 14.3. The third-order valence-electron chi connectivity index (χ3n) is 3.05. The predicted molar refractivity (Wildman–Crippen MR) is 74.3 cm³/mol. The Bertz CT molecular complexity index is 554. The Morgan fingerprint density at radius 2 is 2.25 bits per heavy atom. The third-order valence-corrected chi connectivity index (χ3v) is 3.05. The summed E-state index contributed by atoms with van der Waals surface area (Å²) < 4.78 is 5.15. The molecule has 6 heteroatoms. The summed E-state index contributed by atoms with van der Waals surface area (Å²) in [5.74, 6) is 0.426. The van der Waals surface area contributed by atoms with Crippen LogP contribution < -0.4 is 10.2 Å². The van der Waals surface area contributed by atoms with Gasteiger partial charge in [-0.1, -0.05) is 12.1 Å². The van der Waals surface area contributed by atoms with E-state index in [1.165, 1.54) is 0 Å². The average Bonchev–Trinajstić information content (AvgIpc) is 2.47. The molecule has 0 aliphatic carbocycles. The molecule has 2 amide bonds. The summed E-state index contributed by atoms with van der Waals surface area (Å²) in [7, 11) is 3.31. The quantitative estimate of drug-likeness (QED) is 0.888. The lowest BCUT2D eigenvalue weighted by molar-refractivity contribution is -0.124. The van der Waals surface area contributed by atoms with Gasteiger partial charge in [0.25, 0.3) is 5.91 Å². The Balaban J connectivity index is 2.02. The van der Waals surface area contributed by atoms with Gasteiger partial charge >= 0.3 is 0 Å². The van der Waals surface area contributed by atoms with Gasteiger partial charge in [0.15, 0.2) is 0 Å². The molecule has 20 heavy (non-hydrogen) atoms. The Morgan fingerprint density at radius 3 is 2.90 bits per heavy atom. The van der Waals surface area contributed by atoms with Crippen molar-refractivity contribution in [1.82, 2.24) is 10.3 Å². The van der Waals surface area contributed by atoms with Crippen molar-refractivity contribution in [3.8, 4) is 5.75 Å². The van der Waals surface area contributed by atoms with E-state index in [1.807, 2.05) is 24.3 Å². The number of carbonyl (C=O) groups excluding carboxylic acids is 2. The van der Waals surface area contributed by atoms with Crippen LogP contribution >= 0.6 is 0 Å². The summed E-state index contributed by atoms with van der Waals surface area (Å²) in [5, 5.41) is 3.81. The predicted octanol–water partition coefficient (Wildman–Crippen LogP) is 0.920. The number of hydrogen-bond acceptors (Lipinski definition) is 4. The largest absolute Gasteiger partial charge is 0.497 e. The highest BCUT2D eigenvalue weighted by Crippen LogP contribution is 2.14. The van der Waals surface area contributed by atoms with Crippen molar-refractivity contribution in [2.24, 2.45) is 5.10 Å². The van der Waals surface area contributed by atoms with Crippen LogP contribution in [-0.2, 0) is 16.1 Å². The molecule has 0 atom stereocenters. The fraction of sp³-hybridized carbons (Fsp3) is 0.357. The van der Waals surface area contributed by atoms with Crippen LogP contribution in [0.5, 0.6) is 5.75 Å². The standard InChI is InChI=1S/C14H17N3O3/c1-17(9-10-4-3-5-11(8-10)20-2)14(19)12-6-7-13(18)16-15-12/h3-5,8H,6-7,9H2,1-2H3,(H,16,18). The van der Waals surface area contributed by atoms with Crippen molar-refractivity contribution in [3.63, 3.8) is 0 Å². The number of carbonyl (C=O) groups is 2. The van der Waals surface area contributed by atoms with Crippen LogP contribution in [0.4, 0.5) is 0 Å². The molecule has 0 unspecified atom stereocenters. The van der Waals surface area contributed by atoms with Gasteiger partial charge in [0.2, 0.25) is 5.91 Å². The molecule has 0 spiro atoms. The first-order valence-corrected chi connectivity index (χ1v) is 6.34. The summed E-state index contributed by atoms with van der Waals surface area (Å²) in [4.78, 5) is 24.8. The molecule has 6 nitrogen and oxygen atoms in total. The lowest BCUT2D eigenvalue weighted by Gasteiger charge is -2.20. The monoisotopic (exact) mass is 275 g/mol. The van der Waals surface area contributed by atoms with Crippen molar-refractivity contribution in [2.45, 2.75) is 19.4 Å². The first kappa shape index (κ1) is 14.0. The molecule has 1 aliphatic heterocycles. The molecule has 2 rings (SSSR count). The van der Waals surface area contributed by atoms with Gasteiger partial charge in [0, 0.05) is 26.4 Å². The number of amides is 2. The van der Waals surface area contributed by atoms with Crippen LogP contribution in [0.25, 0.3) is 0 Å². The second-order valence-corrected chi connectivity index (χ2v) is 4.61. The molecular formula is C14H17N3O3. The summed E-state index contributed by atoms with van der Waals surface area (Å²) in [6, 6.07) is 7.54. The maximum Gasteiger partial charge on any atom is 0.270 e. The molecule has 1 N–H and O–H groups in total. The lowest BCUT2D eigenvalue weighted by Crippen LogP contribution is -2.37. The minimum Gasteiger partial charge on any atom is -0.497 e. The van der Waals surface area contributed by atoms with Gasteiger partial charge in [-0.25, -0.2) is 5.43 Å². The Hall–Kier alpha value is -2.37. The number of nitrogens with zero attached hydrogens (tertiary/aromatic N) is 2. The minimum absolute atomic E-state index is 0.156. The van der Waals surface area contributed by atoms with Crippen LogP contribution in [0.2, 0.25) is 0 Å². The Labute approximate surface area is 117 Å². The number of hydrogen-bond donors (Lipinski definition) is 1. The van der Waals surface area contributed by atoms with Gasteiger partial charge in [-0.15, -0.1) is 0 Å². The summed E-state index contributed by atoms with van der Waals surface area (Å²) in [5.41, 5.74) is 3.69. The highest BCUT2D eigenvalue weighted by molar-refractivity contribution is 6.39. The van der Waals surface area contributed by atoms with Gasteiger partial charge in [-0.2, -0.15) is 5.10 Å². The topological polar surface area (TPSA) is 71.0 Å². The second-order valence-electron chi connectivity index (χ2n) is 4.61. The van der Waals surface area contributed by atoms with Crippen LogP contribution in [0.1, 0.15) is 18.4 Å². The van der Waals surface area contributed by atoms with E-state index in [2.05, 4.69) is 10.5 Å². The maximum absolute atomic E-state index is 12.2. The zero-order valence-corrected chi connectivity index (χ0v) is 11.5.